The fourth-order valence-corrected chi connectivity index (χ4v) is 4.02. The molecule has 0 aliphatic carbocycles. The Morgan fingerprint density at radius 1 is 1.27 bits per heavy atom. The Morgan fingerprint density at radius 3 is 2.33 bits per heavy atom. The van der Waals surface area contributed by atoms with Crippen molar-refractivity contribution in [2.45, 2.75) is 12.5 Å². The average Bonchev–Trinajstić information content (AvgIpc) is 2.14. The summed E-state index contributed by atoms with van der Waals surface area (Å²) in [4.78, 5) is 0. The Balaban J connectivity index is 3.16. The Kier molecular flexibility index (Phi) is 4.65. The smallest absolute Gasteiger partial charge is 0.207 e. The quantitative estimate of drug-likeness (QED) is 0.429. The van der Waals surface area contributed by atoms with Gasteiger partial charge < -0.3 is 0 Å². The van der Waals surface area contributed by atoms with Crippen molar-refractivity contribution in [1.82, 2.24) is 0 Å². The van der Waals surface area contributed by atoms with Crippen LogP contribution in [0, 0.1) is 5.82 Å². The lowest BCUT2D eigenvalue weighted by Gasteiger charge is -2.19. The molecular weight excluding hydrogens is 274 g/mol. The van der Waals surface area contributed by atoms with E-state index in [0.29, 0.717) is 5.56 Å². The summed E-state index contributed by atoms with van der Waals surface area (Å²) >= 11 is 17.8. The maximum absolute atomic E-state index is 13.5. The molecule has 1 rings (SSSR count). The van der Waals surface area contributed by atoms with Crippen LogP contribution in [0.2, 0.25) is 0 Å². The second kappa shape index (κ2) is 5.35. The largest absolute Gasteiger partial charge is 0.352 e. The molecular formula is C10H10Cl3FSi. The summed E-state index contributed by atoms with van der Waals surface area (Å²) in [7, 11) is 0. The maximum Gasteiger partial charge on any atom is 0.352 e. The summed E-state index contributed by atoms with van der Waals surface area (Å²) in [6, 6.07) is 3.38. The minimum atomic E-state index is -2.99. The molecule has 0 radical (unpaired) electrons. The normalized spacial score (nSPS) is 14.5. The van der Waals surface area contributed by atoms with Crippen LogP contribution in [0.3, 0.4) is 0 Å². The van der Waals surface area contributed by atoms with Crippen molar-refractivity contribution in [3.63, 3.8) is 0 Å². The third kappa shape index (κ3) is 3.49. The topological polar surface area (TPSA) is 0 Å². The van der Waals surface area contributed by atoms with Crippen molar-refractivity contribution in [2.75, 3.05) is 0 Å². The predicted octanol–water partition coefficient (Wildman–Crippen LogP) is 4.68. The number of hydrogen-bond acceptors (Lipinski definition) is 0. The molecule has 1 aromatic carbocycles. The van der Waals surface area contributed by atoms with Crippen molar-refractivity contribution in [1.29, 1.82) is 0 Å². The molecule has 0 spiro atoms. The molecule has 1 atom stereocenters. The molecule has 0 amide bonds. The Labute approximate surface area is 104 Å². The molecule has 0 aliphatic rings. The monoisotopic (exact) mass is 282 g/mol. The third-order valence-electron chi connectivity index (χ3n) is 1.98. The molecule has 15 heavy (non-hydrogen) atoms. The Bertz CT molecular complexity index is 360. The molecule has 1 unspecified atom stereocenters. The number of hydrogen-bond donors (Lipinski definition) is 0. The van der Waals surface area contributed by atoms with Crippen molar-refractivity contribution in [3.8, 4) is 0 Å². The van der Waals surface area contributed by atoms with Crippen molar-refractivity contribution in [2.24, 2.45) is 0 Å². The van der Waals surface area contributed by atoms with Gasteiger partial charge in [0.15, 0.2) is 0 Å². The van der Waals surface area contributed by atoms with E-state index in [4.69, 9.17) is 33.2 Å². The summed E-state index contributed by atoms with van der Waals surface area (Å²) in [6.45, 7) is 1.82. The second-order valence-corrected chi connectivity index (χ2v) is 11.9. The number of rotatable bonds is 3. The number of halogens is 4. The van der Waals surface area contributed by atoms with Crippen LogP contribution in [0.1, 0.15) is 18.0 Å². The van der Waals surface area contributed by atoms with E-state index in [1.54, 1.807) is 30.4 Å². The average molecular weight is 284 g/mol. The van der Waals surface area contributed by atoms with E-state index in [0.717, 1.165) is 0 Å². The third-order valence-corrected chi connectivity index (χ3v) is 5.30. The molecule has 0 saturated carbocycles. The SMILES string of the molecule is C/C=C\C(c1ccccc1F)[Si](Cl)(Cl)Cl. The van der Waals surface area contributed by atoms with Gasteiger partial charge in [0.1, 0.15) is 5.82 Å². The Hall–Kier alpha value is -0.0231. The second-order valence-electron chi connectivity index (χ2n) is 3.07. The van der Waals surface area contributed by atoms with E-state index in [1.165, 1.54) is 6.07 Å². The molecule has 0 nitrogen and oxygen atoms in total. The minimum Gasteiger partial charge on any atom is -0.207 e. The van der Waals surface area contributed by atoms with Crippen LogP contribution in [0.5, 0.6) is 0 Å². The van der Waals surface area contributed by atoms with Crippen LogP contribution in [-0.2, 0) is 0 Å². The van der Waals surface area contributed by atoms with E-state index in [-0.39, 0.29) is 5.82 Å². The van der Waals surface area contributed by atoms with Crippen molar-refractivity contribution in [3.05, 3.63) is 47.8 Å². The zero-order valence-electron chi connectivity index (χ0n) is 8.05. The van der Waals surface area contributed by atoms with Gasteiger partial charge in [-0.1, -0.05) is 30.4 Å². The van der Waals surface area contributed by atoms with Crippen LogP contribution in [0.4, 0.5) is 4.39 Å². The number of benzene rings is 1. The van der Waals surface area contributed by atoms with Crippen LogP contribution < -0.4 is 0 Å². The van der Waals surface area contributed by atoms with Gasteiger partial charge in [-0.3, -0.25) is 0 Å². The summed E-state index contributed by atoms with van der Waals surface area (Å²) in [6.07, 6.45) is 3.50. The van der Waals surface area contributed by atoms with Gasteiger partial charge in [-0.2, -0.15) is 0 Å². The van der Waals surface area contributed by atoms with Gasteiger partial charge >= 0.3 is 6.00 Å². The van der Waals surface area contributed by atoms with E-state index in [2.05, 4.69) is 0 Å². The Morgan fingerprint density at radius 2 is 1.87 bits per heavy atom. The van der Waals surface area contributed by atoms with Gasteiger partial charge in [-0.15, -0.1) is 33.2 Å². The molecule has 1 aromatic rings. The number of allylic oxidation sites excluding steroid dienone is 2. The first-order valence-electron chi connectivity index (χ1n) is 4.40. The standard InChI is InChI=1S/C10H10Cl3FSi/c1-2-5-10(15(11,12)13)8-6-3-4-7-9(8)14/h2-7,10H,1H3/b5-2-. The molecule has 0 bridgehead atoms. The van der Waals surface area contributed by atoms with Gasteiger partial charge in [-0.05, 0) is 18.6 Å². The molecule has 82 valence electrons. The van der Waals surface area contributed by atoms with E-state index in [9.17, 15) is 4.39 Å². The van der Waals surface area contributed by atoms with E-state index in [1.807, 2.05) is 6.92 Å². The highest BCUT2D eigenvalue weighted by molar-refractivity contribution is 7.65. The van der Waals surface area contributed by atoms with Crippen LogP contribution in [0.15, 0.2) is 36.4 Å². The fourth-order valence-electron chi connectivity index (χ4n) is 1.31. The molecule has 0 fully saturated rings. The molecule has 0 aromatic heterocycles. The lowest BCUT2D eigenvalue weighted by atomic mass is 10.1. The summed E-state index contributed by atoms with van der Waals surface area (Å²) in [5.41, 5.74) is 0.0102. The fraction of sp³-hybridized carbons (Fsp3) is 0.200. The zero-order chi connectivity index (χ0) is 11.5. The first-order chi connectivity index (χ1) is 6.96. The lowest BCUT2D eigenvalue weighted by molar-refractivity contribution is 0.613. The van der Waals surface area contributed by atoms with Gasteiger partial charge in [0, 0.05) is 5.54 Å². The van der Waals surface area contributed by atoms with E-state index >= 15 is 0 Å². The van der Waals surface area contributed by atoms with Gasteiger partial charge in [0.05, 0.1) is 0 Å². The summed E-state index contributed by atoms with van der Waals surface area (Å²) in [5.74, 6) is -0.334. The molecule has 0 aliphatic heterocycles. The molecule has 0 saturated heterocycles. The first kappa shape index (κ1) is 13.0. The molecule has 0 N–H and O–H groups in total. The highest BCUT2D eigenvalue weighted by Crippen LogP contribution is 2.38. The highest BCUT2D eigenvalue weighted by atomic mass is 35.8. The van der Waals surface area contributed by atoms with Crippen LogP contribution in [0.25, 0.3) is 0 Å². The van der Waals surface area contributed by atoms with Gasteiger partial charge in [-0.25, -0.2) is 4.39 Å². The van der Waals surface area contributed by atoms with Crippen molar-refractivity contribution < 1.29 is 4.39 Å². The van der Waals surface area contributed by atoms with Gasteiger partial charge in [0.25, 0.3) is 0 Å². The molecule has 5 heteroatoms. The van der Waals surface area contributed by atoms with Gasteiger partial charge in [0.2, 0.25) is 0 Å². The zero-order valence-corrected chi connectivity index (χ0v) is 11.3. The minimum absolute atomic E-state index is 0.334. The summed E-state index contributed by atoms with van der Waals surface area (Å²) in [5, 5.41) is 0. The maximum atomic E-state index is 13.5. The predicted molar refractivity (Wildman–Crippen MR) is 67.3 cm³/mol. The van der Waals surface area contributed by atoms with Crippen LogP contribution >= 0.6 is 33.2 Å². The van der Waals surface area contributed by atoms with Crippen molar-refractivity contribution >= 4 is 39.2 Å². The van der Waals surface area contributed by atoms with E-state index < -0.39 is 11.5 Å². The highest BCUT2D eigenvalue weighted by Gasteiger charge is 2.37. The first-order valence-corrected chi connectivity index (χ1v) is 9.52. The van der Waals surface area contributed by atoms with Crippen LogP contribution in [-0.4, -0.2) is 6.00 Å². The molecule has 0 heterocycles. The summed E-state index contributed by atoms with van der Waals surface area (Å²) < 4.78 is 13.5. The lowest BCUT2D eigenvalue weighted by Crippen LogP contribution is -2.22.